The van der Waals surface area contributed by atoms with Crippen LogP contribution in [-0.4, -0.2) is 18.1 Å². The molecule has 0 spiro atoms. The zero-order chi connectivity index (χ0) is 16.2. The van der Waals surface area contributed by atoms with Gasteiger partial charge in [0, 0.05) is 13.1 Å². The third-order valence-electron chi connectivity index (χ3n) is 5.37. The van der Waals surface area contributed by atoms with Crippen LogP contribution in [-0.2, 0) is 0 Å². The van der Waals surface area contributed by atoms with E-state index in [1.165, 1.54) is 50.0 Å². The average Bonchev–Trinajstić information content (AvgIpc) is 2.54. The van der Waals surface area contributed by atoms with Crippen LogP contribution in [0.3, 0.4) is 0 Å². The molecule has 2 nitrogen and oxygen atoms in total. The van der Waals surface area contributed by atoms with Crippen molar-refractivity contribution in [2.75, 3.05) is 18.0 Å². The van der Waals surface area contributed by atoms with E-state index < -0.39 is 0 Å². The highest BCUT2D eigenvalue weighted by Crippen LogP contribution is 2.41. The second kappa shape index (κ2) is 7.30. The summed E-state index contributed by atoms with van der Waals surface area (Å²) in [4.78, 5) is 7.13. The fourth-order valence-corrected chi connectivity index (χ4v) is 3.76. The molecule has 0 bridgehead atoms. The van der Waals surface area contributed by atoms with E-state index in [0.29, 0.717) is 5.41 Å². The summed E-state index contributed by atoms with van der Waals surface area (Å²) in [6, 6.07) is 4.39. The Kier molecular flexibility index (Phi) is 5.66. The van der Waals surface area contributed by atoms with Gasteiger partial charge in [0.25, 0.3) is 0 Å². The molecular weight excluding hydrogens is 268 g/mol. The summed E-state index contributed by atoms with van der Waals surface area (Å²) >= 11 is 0. The second-order valence-corrected chi connectivity index (χ2v) is 7.31. The zero-order valence-electron chi connectivity index (χ0n) is 15.0. The summed E-state index contributed by atoms with van der Waals surface area (Å²) in [7, 11) is 0. The Hall–Kier alpha value is -1.31. The van der Waals surface area contributed by atoms with Gasteiger partial charge in [-0.05, 0) is 62.1 Å². The number of rotatable bonds is 5. The summed E-state index contributed by atoms with van der Waals surface area (Å²) in [5, 5.41) is 0. The third kappa shape index (κ3) is 3.91. The maximum absolute atomic E-state index is 4.62. The first-order chi connectivity index (χ1) is 10.5. The minimum absolute atomic E-state index is 0.569. The number of nitrogens with zero attached hydrogens (tertiary/aromatic N) is 2. The Morgan fingerprint density at radius 3 is 2.45 bits per heavy atom. The molecule has 1 aromatic rings. The first-order valence-corrected chi connectivity index (χ1v) is 8.84. The number of anilines is 1. The maximum Gasteiger partial charge on any atom is 0.0657 e. The molecule has 0 radical (unpaired) electrons. The molecule has 1 saturated heterocycles. The smallest absolute Gasteiger partial charge is 0.0657 e. The van der Waals surface area contributed by atoms with E-state index in [0.717, 1.165) is 11.6 Å². The van der Waals surface area contributed by atoms with Crippen LogP contribution in [0.5, 0.6) is 0 Å². The largest absolute Gasteiger partial charge is 0.370 e. The highest BCUT2D eigenvalue weighted by atomic mass is 15.1. The van der Waals surface area contributed by atoms with Crippen molar-refractivity contribution >= 4 is 11.3 Å². The van der Waals surface area contributed by atoms with Gasteiger partial charge < -0.3 is 4.90 Å². The van der Waals surface area contributed by atoms with Gasteiger partial charge in [-0.2, -0.15) is 0 Å². The van der Waals surface area contributed by atoms with E-state index in [1.807, 2.05) is 6.20 Å². The molecule has 0 N–H and O–H groups in total. The normalized spacial score (nSPS) is 18.8. The lowest BCUT2D eigenvalue weighted by Crippen LogP contribution is -2.40. The molecule has 0 atom stereocenters. The lowest BCUT2D eigenvalue weighted by atomic mass is 9.71. The Morgan fingerprint density at radius 1 is 1.32 bits per heavy atom. The molecule has 0 aliphatic carbocycles. The van der Waals surface area contributed by atoms with Gasteiger partial charge in [-0.15, -0.1) is 0 Å². The Balaban J connectivity index is 2.02. The van der Waals surface area contributed by atoms with E-state index in [-0.39, 0.29) is 0 Å². The Morgan fingerprint density at radius 2 is 2.00 bits per heavy atom. The molecule has 22 heavy (non-hydrogen) atoms. The first kappa shape index (κ1) is 17.1. The maximum atomic E-state index is 4.62. The highest BCUT2D eigenvalue weighted by Gasteiger charge is 2.33. The topological polar surface area (TPSA) is 16.1 Å². The Labute approximate surface area is 136 Å². The molecule has 2 rings (SSSR count). The standard InChI is InChI=1S/C20H32N2/c1-6-17(5)19-9-8-18(15-21-19)22-12-10-20(7-2,11-13-22)14-16(3)4/h6,8-9,15-16H,7,10-14H2,1-5H3/b17-6+. The first-order valence-electron chi connectivity index (χ1n) is 8.84. The quantitative estimate of drug-likeness (QED) is 0.709. The minimum atomic E-state index is 0.569. The minimum Gasteiger partial charge on any atom is -0.370 e. The molecule has 0 aromatic carbocycles. The van der Waals surface area contributed by atoms with Gasteiger partial charge in [-0.1, -0.05) is 33.3 Å². The molecular formula is C20H32N2. The number of allylic oxidation sites excluding steroid dienone is 2. The van der Waals surface area contributed by atoms with Crippen molar-refractivity contribution in [1.29, 1.82) is 0 Å². The van der Waals surface area contributed by atoms with Crippen LogP contribution in [0.1, 0.15) is 66.0 Å². The number of hydrogen-bond donors (Lipinski definition) is 0. The fraction of sp³-hybridized carbons (Fsp3) is 0.650. The SMILES string of the molecule is C/C=C(\C)c1ccc(N2CCC(CC)(CC(C)C)CC2)cn1. The van der Waals surface area contributed by atoms with Crippen molar-refractivity contribution in [2.24, 2.45) is 11.3 Å². The van der Waals surface area contributed by atoms with Crippen molar-refractivity contribution < 1.29 is 0 Å². The van der Waals surface area contributed by atoms with Crippen LogP contribution < -0.4 is 4.90 Å². The number of hydrogen-bond acceptors (Lipinski definition) is 2. The van der Waals surface area contributed by atoms with Crippen LogP contribution in [0.25, 0.3) is 5.57 Å². The lowest BCUT2D eigenvalue weighted by molar-refractivity contribution is 0.165. The molecule has 1 aliphatic rings. The predicted octanol–water partition coefficient (Wildman–Crippen LogP) is 5.55. The van der Waals surface area contributed by atoms with E-state index in [4.69, 9.17) is 0 Å². The van der Waals surface area contributed by atoms with Gasteiger partial charge >= 0.3 is 0 Å². The van der Waals surface area contributed by atoms with Crippen molar-refractivity contribution in [3.05, 3.63) is 30.1 Å². The molecule has 1 fully saturated rings. The fourth-order valence-electron chi connectivity index (χ4n) is 3.76. The van der Waals surface area contributed by atoms with Gasteiger partial charge in [0.15, 0.2) is 0 Å². The van der Waals surface area contributed by atoms with Crippen LogP contribution >= 0.6 is 0 Å². The summed E-state index contributed by atoms with van der Waals surface area (Å²) in [5.74, 6) is 0.802. The van der Waals surface area contributed by atoms with Crippen molar-refractivity contribution in [3.8, 4) is 0 Å². The number of pyridine rings is 1. The molecule has 0 saturated carbocycles. The third-order valence-corrected chi connectivity index (χ3v) is 5.37. The molecule has 122 valence electrons. The second-order valence-electron chi connectivity index (χ2n) is 7.31. The molecule has 2 heteroatoms. The van der Waals surface area contributed by atoms with Crippen LogP contribution in [0, 0.1) is 11.3 Å². The summed E-state index contributed by atoms with van der Waals surface area (Å²) < 4.78 is 0. The van der Waals surface area contributed by atoms with Crippen LogP contribution in [0.4, 0.5) is 5.69 Å². The predicted molar refractivity (Wildman–Crippen MR) is 97.2 cm³/mol. The van der Waals surface area contributed by atoms with Crippen LogP contribution in [0.15, 0.2) is 24.4 Å². The van der Waals surface area contributed by atoms with Crippen LogP contribution in [0.2, 0.25) is 0 Å². The molecule has 1 aliphatic heterocycles. The number of aromatic nitrogens is 1. The van der Waals surface area contributed by atoms with Crippen molar-refractivity contribution in [2.45, 2.75) is 60.3 Å². The zero-order valence-corrected chi connectivity index (χ0v) is 15.0. The lowest BCUT2D eigenvalue weighted by Gasteiger charge is -2.43. The molecule has 1 aromatic heterocycles. The molecule has 0 amide bonds. The highest BCUT2D eigenvalue weighted by molar-refractivity contribution is 5.61. The van der Waals surface area contributed by atoms with Gasteiger partial charge in [-0.25, -0.2) is 0 Å². The van der Waals surface area contributed by atoms with Gasteiger partial charge in [-0.3, -0.25) is 4.98 Å². The van der Waals surface area contributed by atoms with Crippen molar-refractivity contribution in [3.63, 3.8) is 0 Å². The van der Waals surface area contributed by atoms with E-state index in [9.17, 15) is 0 Å². The van der Waals surface area contributed by atoms with E-state index in [1.54, 1.807) is 0 Å². The van der Waals surface area contributed by atoms with Crippen molar-refractivity contribution in [1.82, 2.24) is 4.98 Å². The summed E-state index contributed by atoms with van der Waals surface area (Å²) in [5.41, 5.74) is 4.18. The molecule has 2 heterocycles. The van der Waals surface area contributed by atoms with E-state index >= 15 is 0 Å². The monoisotopic (exact) mass is 300 g/mol. The summed E-state index contributed by atoms with van der Waals surface area (Å²) in [6.45, 7) is 13.6. The molecule has 0 unspecified atom stereocenters. The van der Waals surface area contributed by atoms with Gasteiger partial charge in [0.05, 0.1) is 17.6 Å². The average molecular weight is 300 g/mol. The number of piperidine rings is 1. The van der Waals surface area contributed by atoms with Gasteiger partial charge in [0.1, 0.15) is 0 Å². The summed E-state index contributed by atoms with van der Waals surface area (Å²) in [6.07, 6.45) is 9.48. The van der Waals surface area contributed by atoms with E-state index in [2.05, 4.69) is 62.7 Å². The van der Waals surface area contributed by atoms with Gasteiger partial charge in [0.2, 0.25) is 0 Å². The Bertz CT molecular complexity index is 491.